The van der Waals surface area contributed by atoms with Gasteiger partial charge in [-0.2, -0.15) is 0 Å². The second kappa shape index (κ2) is 2.89. The number of hydrogen-bond donors (Lipinski definition) is 0. The first-order valence-electron chi connectivity index (χ1n) is 4.73. The molecular formula is C11H15N. The summed E-state index contributed by atoms with van der Waals surface area (Å²) in [7, 11) is 0. The van der Waals surface area contributed by atoms with Gasteiger partial charge in [-0.3, -0.25) is 4.98 Å². The SMILES string of the molecule is CC1CCc2cccnc2C1C. The average molecular weight is 161 g/mol. The van der Waals surface area contributed by atoms with Crippen LogP contribution in [0.5, 0.6) is 0 Å². The van der Waals surface area contributed by atoms with Crippen molar-refractivity contribution in [3.8, 4) is 0 Å². The van der Waals surface area contributed by atoms with E-state index >= 15 is 0 Å². The van der Waals surface area contributed by atoms with Gasteiger partial charge in [0.05, 0.1) is 0 Å². The fourth-order valence-corrected chi connectivity index (χ4v) is 1.97. The van der Waals surface area contributed by atoms with E-state index in [-0.39, 0.29) is 0 Å². The fraction of sp³-hybridized carbons (Fsp3) is 0.545. The summed E-state index contributed by atoms with van der Waals surface area (Å²) < 4.78 is 0. The lowest BCUT2D eigenvalue weighted by molar-refractivity contribution is 0.417. The fourth-order valence-electron chi connectivity index (χ4n) is 1.97. The van der Waals surface area contributed by atoms with Crippen molar-refractivity contribution in [1.82, 2.24) is 4.98 Å². The van der Waals surface area contributed by atoms with Gasteiger partial charge in [-0.1, -0.05) is 19.9 Å². The molecule has 0 radical (unpaired) electrons. The zero-order chi connectivity index (χ0) is 8.55. The van der Waals surface area contributed by atoms with Crippen molar-refractivity contribution in [2.75, 3.05) is 0 Å². The summed E-state index contributed by atoms with van der Waals surface area (Å²) in [6.45, 7) is 4.61. The van der Waals surface area contributed by atoms with Gasteiger partial charge in [0.2, 0.25) is 0 Å². The maximum atomic E-state index is 4.45. The highest BCUT2D eigenvalue weighted by Gasteiger charge is 2.23. The molecule has 0 N–H and O–H groups in total. The minimum absolute atomic E-state index is 0.648. The Balaban J connectivity index is 2.42. The molecule has 12 heavy (non-hydrogen) atoms. The molecule has 1 aromatic rings. The number of rotatable bonds is 0. The smallest absolute Gasteiger partial charge is 0.0466 e. The van der Waals surface area contributed by atoms with E-state index in [1.54, 1.807) is 0 Å². The summed E-state index contributed by atoms with van der Waals surface area (Å²) in [6.07, 6.45) is 4.45. The lowest BCUT2D eigenvalue weighted by atomic mass is 9.80. The Morgan fingerprint density at radius 2 is 2.25 bits per heavy atom. The maximum absolute atomic E-state index is 4.45. The molecule has 1 nitrogen and oxygen atoms in total. The lowest BCUT2D eigenvalue weighted by Gasteiger charge is -2.26. The van der Waals surface area contributed by atoms with E-state index in [0.717, 1.165) is 5.92 Å². The molecule has 1 heterocycles. The Bertz CT molecular complexity index is 280. The van der Waals surface area contributed by atoms with E-state index in [1.807, 2.05) is 12.3 Å². The quantitative estimate of drug-likeness (QED) is 0.570. The van der Waals surface area contributed by atoms with Gasteiger partial charge in [0.25, 0.3) is 0 Å². The van der Waals surface area contributed by atoms with Crippen molar-refractivity contribution in [2.24, 2.45) is 5.92 Å². The summed E-state index contributed by atoms with van der Waals surface area (Å²) in [5, 5.41) is 0. The van der Waals surface area contributed by atoms with Crippen molar-refractivity contribution in [3.63, 3.8) is 0 Å². The molecule has 64 valence electrons. The molecule has 0 saturated heterocycles. The van der Waals surface area contributed by atoms with Crippen LogP contribution in [0.4, 0.5) is 0 Å². The molecule has 0 aromatic carbocycles. The summed E-state index contributed by atoms with van der Waals surface area (Å²) in [5.41, 5.74) is 2.79. The zero-order valence-electron chi connectivity index (χ0n) is 7.75. The minimum atomic E-state index is 0.648. The van der Waals surface area contributed by atoms with Crippen molar-refractivity contribution in [1.29, 1.82) is 0 Å². The number of aromatic nitrogens is 1. The van der Waals surface area contributed by atoms with E-state index in [1.165, 1.54) is 24.1 Å². The normalized spacial score (nSPS) is 28.2. The molecule has 1 aromatic heterocycles. The topological polar surface area (TPSA) is 12.9 Å². The summed E-state index contributed by atoms with van der Waals surface area (Å²) >= 11 is 0. The van der Waals surface area contributed by atoms with E-state index in [0.29, 0.717) is 5.92 Å². The van der Waals surface area contributed by atoms with Crippen LogP contribution in [0.3, 0.4) is 0 Å². The summed E-state index contributed by atoms with van der Waals surface area (Å²) in [5.74, 6) is 1.45. The van der Waals surface area contributed by atoms with Crippen LogP contribution in [0.1, 0.15) is 37.4 Å². The van der Waals surface area contributed by atoms with Gasteiger partial charge in [0.15, 0.2) is 0 Å². The van der Waals surface area contributed by atoms with E-state index in [4.69, 9.17) is 0 Å². The number of fused-ring (bicyclic) bond motifs is 1. The van der Waals surface area contributed by atoms with Crippen LogP contribution in [-0.2, 0) is 6.42 Å². The van der Waals surface area contributed by atoms with Crippen LogP contribution in [0.15, 0.2) is 18.3 Å². The Morgan fingerprint density at radius 1 is 1.42 bits per heavy atom. The number of nitrogens with zero attached hydrogens (tertiary/aromatic N) is 1. The molecule has 2 rings (SSSR count). The van der Waals surface area contributed by atoms with Gasteiger partial charge < -0.3 is 0 Å². The van der Waals surface area contributed by atoms with E-state index in [2.05, 4.69) is 24.9 Å². The molecular weight excluding hydrogens is 146 g/mol. The number of pyridine rings is 1. The zero-order valence-corrected chi connectivity index (χ0v) is 7.75. The van der Waals surface area contributed by atoms with Crippen LogP contribution in [-0.4, -0.2) is 4.98 Å². The largest absolute Gasteiger partial charge is 0.261 e. The third-order valence-corrected chi connectivity index (χ3v) is 3.08. The molecule has 0 aliphatic heterocycles. The van der Waals surface area contributed by atoms with Crippen molar-refractivity contribution in [3.05, 3.63) is 29.6 Å². The Labute approximate surface area is 73.8 Å². The highest BCUT2D eigenvalue weighted by atomic mass is 14.7. The molecule has 2 unspecified atom stereocenters. The third-order valence-electron chi connectivity index (χ3n) is 3.08. The second-order valence-electron chi connectivity index (χ2n) is 3.85. The summed E-state index contributed by atoms with van der Waals surface area (Å²) in [6, 6.07) is 4.26. The first kappa shape index (κ1) is 7.78. The Kier molecular flexibility index (Phi) is 1.87. The van der Waals surface area contributed by atoms with Crippen LogP contribution < -0.4 is 0 Å². The highest BCUT2D eigenvalue weighted by Crippen LogP contribution is 2.33. The van der Waals surface area contributed by atoms with Crippen molar-refractivity contribution >= 4 is 0 Å². The van der Waals surface area contributed by atoms with Gasteiger partial charge in [-0.05, 0) is 30.4 Å². The van der Waals surface area contributed by atoms with Gasteiger partial charge in [0, 0.05) is 17.8 Å². The molecule has 0 spiro atoms. The van der Waals surface area contributed by atoms with Crippen molar-refractivity contribution < 1.29 is 0 Å². The average Bonchev–Trinajstić information content (AvgIpc) is 2.12. The van der Waals surface area contributed by atoms with Gasteiger partial charge in [-0.25, -0.2) is 0 Å². The van der Waals surface area contributed by atoms with Crippen molar-refractivity contribution in [2.45, 2.75) is 32.6 Å². The van der Waals surface area contributed by atoms with Gasteiger partial charge in [0.1, 0.15) is 0 Å². The van der Waals surface area contributed by atoms with E-state index in [9.17, 15) is 0 Å². The van der Waals surface area contributed by atoms with Crippen LogP contribution in [0.2, 0.25) is 0 Å². The van der Waals surface area contributed by atoms with Crippen LogP contribution in [0, 0.1) is 5.92 Å². The maximum Gasteiger partial charge on any atom is 0.0466 e. The molecule has 0 amide bonds. The Hall–Kier alpha value is -0.850. The number of aryl methyl sites for hydroxylation is 1. The van der Waals surface area contributed by atoms with Gasteiger partial charge >= 0.3 is 0 Å². The predicted octanol–water partition coefficient (Wildman–Crippen LogP) is 2.77. The standard InChI is InChI=1S/C11H15N/c1-8-5-6-10-4-3-7-12-11(10)9(8)2/h3-4,7-9H,5-6H2,1-2H3. The minimum Gasteiger partial charge on any atom is -0.261 e. The van der Waals surface area contributed by atoms with Gasteiger partial charge in [-0.15, -0.1) is 0 Å². The molecule has 0 fully saturated rings. The lowest BCUT2D eigenvalue weighted by Crippen LogP contribution is -2.17. The predicted molar refractivity (Wildman–Crippen MR) is 50.1 cm³/mol. The highest BCUT2D eigenvalue weighted by molar-refractivity contribution is 5.26. The monoisotopic (exact) mass is 161 g/mol. The van der Waals surface area contributed by atoms with E-state index < -0.39 is 0 Å². The second-order valence-corrected chi connectivity index (χ2v) is 3.85. The first-order valence-corrected chi connectivity index (χ1v) is 4.73. The molecule has 0 bridgehead atoms. The Morgan fingerprint density at radius 3 is 3.08 bits per heavy atom. The third kappa shape index (κ3) is 1.13. The van der Waals surface area contributed by atoms with Crippen LogP contribution >= 0.6 is 0 Å². The summed E-state index contributed by atoms with van der Waals surface area (Å²) in [4.78, 5) is 4.45. The molecule has 1 aliphatic rings. The molecule has 1 heteroatoms. The molecule has 2 atom stereocenters. The molecule has 0 saturated carbocycles. The number of hydrogen-bond acceptors (Lipinski definition) is 1. The first-order chi connectivity index (χ1) is 5.79. The molecule has 1 aliphatic carbocycles. The van der Waals surface area contributed by atoms with Crippen LogP contribution in [0.25, 0.3) is 0 Å².